The van der Waals surface area contributed by atoms with Gasteiger partial charge in [-0.2, -0.15) is 0 Å². The Bertz CT molecular complexity index is 1200. The van der Waals surface area contributed by atoms with Gasteiger partial charge in [-0.1, -0.05) is 35.6 Å². The number of carbonyl (C=O) groups excluding carboxylic acids is 1. The number of rotatable bonds is 8. The number of hydrogen-bond donors (Lipinski definition) is 3. The molecule has 1 amide bonds. The molecule has 164 valence electrons. The zero-order valence-electron chi connectivity index (χ0n) is 17.0. The molecule has 2 aliphatic rings. The Morgan fingerprint density at radius 3 is 3.00 bits per heavy atom. The van der Waals surface area contributed by atoms with Gasteiger partial charge in [-0.3, -0.25) is 20.1 Å². The molecular weight excluding hydrogens is 431 g/mol. The maximum Gasteiger partial charge on any atom is 0.246 e. The number of nitrogens with zero attached hydrogens (tertiary/aromatic N) is 5. The number of hydrazine groups is 1. The summed E-state index contributed by atoms with van der Waals surface area (Å²) in [6, 6.07) is 2.96. The van der Waals surface area contributed by atoms with Crippen molar-refractivity contribution in [3.8, 4) is 0 Å². The minimum Gasteiger partial charge on any atom is -0.362 e. The molecule has 0 saturated carbocycles. The first kappa shape index (κ1) is 20.6. The number of amides is 1. The molecule has 2 unspecified atom stereocenters. The summed E-state index contributed by atoms with van der Waals surface area (Å²) in [6.45, 7) is 1.28. The highest BCUT2D eigenvalue weighted by molar-refractivity contribution is 7.18. The lowest BCUT2D eigenvalue weighted by Gasteiger charge is -2.17. The Labute approximate surface area is 187 Å². The zero-order valence-corrected chi connectivity index (χ0v) is 17.8. The molecule has 1 saturated heterocycles. The average Bonchev–Trinajstić information content (AvgIpc) is 3.37. The number of halogens is 1. The van der Waals surface area contributed by atoms with Crippen molar-refractivity contribution in [2.75, 3.05) is 18.5 Å². The smallest absolute Gasteiger partial charge is 0.246 e. The molecule has 0 bridgehead atoms. The van der Waals surface area contributed by atoms with Crippen molar-refractivity contribution in [1.82, 2.24) is 35.7 Å². The van der Waals surface area contributed by atoms with E-state index in [1.165, 1.54) is 23.7 Å². The number of allylic oxidation sites excluding steroid dienone is 2. The molecule has 0 aromatic carbocycles. The third kappa shape index (κ3) is 4.22. The molecule has 9 nitrogen and oxygen atoms in total. The van der Waals surface area contributed by atoms with E-state index in [9.17, 15) is 9.18 Å². The van der Waals surface area contributed by atoms with Gasteiger partial charge < -0.3 is 5.32 Å². The summed E-state index contributed by atoms with van der Waals surface area (Å²) in [7, 11) is 0. The van der Waals surface area contributed by atoms with Crippen LogP contribution in [-0.4, -0.2) is 50.1 Å². The molecule has 0 spiro atoms. The van der Waals surface area contributed by atoms with Gasteiger partial charge in [0, 0.05) is 19.2 Å². The van der Waals surface area contributed by atoms with Gasteiger partial charge in [0.2, 0.25) is 5.91 Å². The molecular formula is C21H21FN8OS. The second-order valence-electron chi connectivity index (χ2n) is 7.39. The third-order valence-corrected chi connectivity index (χ3v) is 6.30. The van der Waals surface area contributed by atoms with E-state index >= 15 is 0 Å². The number of hydrogen-bond acceptors (Lipinski definition) is 9. The molecule has 3 aromatic heterocycles. The predicted molar refractivity (Wildman–Crippen MR) is 119 cm³/mol. The highest BCUT2D eigenvalue weighted by Crippen LogP contribution is 2.25. The van der Waals surface area contributed by atoms with Gasteiger partial charge in [-0.05, 0) is 12.1 Å². The minimum absolute atomic E-state index is 0.0302. The standard InChI is InChI=1S/C21H21FN8OS/c22-14-5-3-8-24-16(14)10-25-19-18-20(27-11-26-19)32-17(28-18)7-9-23-12-30-21(31)13-4-1-2-6-15(13)29-30/h1-6,8,11,13,15,23,29H,7,9-10,12H2,(H,25,26,27). The lowest BCUT2D eigenvalue weighted by atomic mass is 9.97. The van der Waals surface area contributed by atoms with Crippen LogP contribution in [0.3, 0.4) is 0 Å². The Balaban J connectivity index is 1.16. The van der Waals surface area contributed by atoms with Crippen LogP contribution >= 0.6 is 11.3 Å². The van der Waals surface area contributed by atoms with Crippen molar-refractivity contribution >= 4 is 33.4 Å². The first-order valence-corrected chi connectivity index (χ1v) is 11.1. The van der Waals surface area contributed by atoms with E-state index in [0.717, 1.165) is 9.84 Å². The topological polar surface area (TPSA) is 108 Å². The minimum atomic E-state index is -0.368. The fourth-order valence-electron chi connectivity index (χ4n) is 3.65. The maximum atomic E-state index is 13.8. The Morgan fingerprint density at radius 1 is 1.22 bits per heavy atom. The number of nitrogens with one attached hydrogen (secondary N) is 3. The van der Waals surface area contributed by atoms with E-state index in [4.69, 9.17) is 0 Å². The second kappa shape index (κ2) is 9.07. The Hall–Kier alpha value is -3.28. The number of pyridine rings is 1. The van der Waals surface area contributed by atoms with Crippen molar-refractivity contribution in [3.05, 3.63) is 65.5 Å². The summed E-state index contributed by atoms with van der Waals surface area (Å²) in [6.07, 6.45) is 11.5. The second-order valence-corrected chi connectivity index (χ2v) is 8.46. The molecule has 3 N–H and O–H groups in total. The van der Waals surface area contributed by atoms with Gasteiger partial charge in [-0.15, -0.1) is 0 Å². The average molecular weight is 453 g/mol. The summed E-state index contributed by atoms with van der Waals surface area (Å²) >= 11 is 1.49. The molecule has 2 atom stereocenters. The quantitative estimate of drug-likeness (QED) is 0.444. The summed E-state index contributed by atoms with van der Waals surface area (Å²) in [5, 5.41) is 8.92. The van der Waals surface area contributed by atoms with Crippen molar-refractivity contribution in [2.24, 2.45) is 5.92 Å². The first-order valence-electron chi connectivity index (χ1n) is 10.3. The highest BCUT2D eigenvalue weighted by Gasteiger charge is 2.37. The predicted octanol–water partition coefficient (Wildman–Crippen LogP) is 1.78. The van der Waals surface area contributed by atoms with Crippen molar-refractivity contribution < 1.29 is 9.18 Å². The van der Waals surface area contributed by atoms with Crippen LogP contribution in [0, 0.1) is 11.7 Å². The maximum absolute atomic E-state index is 13.8. The monoisotopic (exact) mass is 452 g/mol. The summed E-state index contributed by atoms with van der Waals surface area (Å²) < 4.78 is 13.8. The summed E-state index contributed by atoms with van der Waals surface area (Å²) in [4.78, 5) is 30.4. The lowest BCUT2D eigenvalue weighted by Crippen LogP contribution is -2.43. The molecule has 32 heavy (non-hydrogen) atoms. The number of thiazole rings is 1. The van der Waals surface area contributed by atoms with Crippen LogP contribution in [0.5, 0.6) is 0 Å². The van der Waals surface area contributed by atoms with Gasteiger partial charge in [0.1, 0.15) is 22.5 Å². The van der Waals surface area contributed by atoms with Crippen LogP contribution < -0.4 is 16.1 Å². The van der Waals surface area contributed by atoms with Crippen molar-refractivity contribution in [3.63, 3.8) is 0 Å². The highest BCUT2D eigenvalue weighted by atomic mass is 32.1. The van der Waals surface area contributed by atoms with Gasteiger partial charge in [0.15, 0.2) is 5.82 Å². The van der Waals surface area contributed by atoms with Crippen LogP contribution in [0.15, 0.2) is 49.0 Å². The van der Waals surface area contributed by atoms with Crippen LogP contribution in [0.4, 0.5) is 10.2 Å². The van der Waals surface area contributed by atoms with Gasteiger partial charge >= 0.3 is 0 Å². The third-order valence-electron chi connectivity index (χ3n) is 5.27. The Kier molecular flexibility index (Phi) is 5.84. The van der Waals surface area contributed by atoms with Crippen molar-refractivity contribution in [1.29, 1.82) is 0 Å². The van der Waals surface area contributed by atoms with Crippen LogP contribution in [0.2, 0.25) is 0 Å². The number of aromatic nitrogens is 4. The van der Waals surface area contributed by atoms with Gasteiger partial charge in [-0.25, -0.2) is 24.8 Å². The zero-order chi connectivity index (χ0) is 21.9. The molecule has 1 aliphatic carbocycles. The number of anilines is 1. The summed E-state index contributed by atoms with van der Waals surface area (Å²) in [5.41, 5.74) is 4.18. The van der Waals surface area contributed by atoms with E-state index in [-0.39, 0.29) is 30.2 Å². The first-order chi connectivity index (χ1) is 15.7. The molecule has 1 fully saturated rings. The molecule has 11 heteroatoms. The molecule has 0 radical (unpaired) electrons. The Morgan fingerprint density at radius 2 is 2.12 bits per heavy atom. The fourth-order valence-corrected chi connectivity index (χ4v) is 4.55. The van der Waals surface area contributed by atoms with E-state index < -0.39 is 0 Å². The van der Waals surface area contributed by atoms with E-state index in [2.05, 4.69) is 36.0 Å². The SMILES string of the molecule is O=C1C2C=CC=CC2NN1CNCCc1nc2c(NCc3ncccc3F)ncnc2s1. The van der Waals surface area contributed by atoms with Crippen molar-refractivity contribution in [2.45, 2.75) is 19.0 Å². The van der Waals surface area contributed by atoms with E-state index in [1.54, 1.807) is 17.3 Å². The molecule has 4 heterocycles. The number of fused-ring (bicyclic) bond motifs is 2. The van der Waals surface area contributed by atoms with E-state index in [0.29, 0.717) is 36.7 Å². The normalized spacial score (nSPS) is 19.7. The summed E-state index contributed by atoms with van der Waals surface area (Å²) in [5.74, 6) is 0.118. The fraction of sp³-hybridized carbons (Fsp3) is 0.286. The van der Waals surface area contributed by atoms with E-state index in [1.807, 2.05) is 24.3 Å². The molecule has 3 aromatic rings. The molecule has 5 rings (SSSR count). The number of carbonyl (C=O) groups is 1. The van der Waals surface area contributed by atoms with Crippen LogP contribution in [-0.2, 0) is 17.8 Å². The van der Waals surface area contributed by atoms with Crippen LogP contribution in [0.1, 0.15) is 10.7 Å². The lowest BCUT2D eigenvalue weighted by molar-refractivity contribution is -0.131. The van der Waals surface area contributed by atoms with Gasteiger partial charge in [0.05, 0.1) is 35.9 Å². The molecule has 1 aliphatic heterocycles. The van der Waals surface area contributed by atoms with Crippen LogP contribution in [0.25, 0.3) is 10.3 Å². The van der Waals surface area contributed by atoms with Gasteiger partial charge in [0.25, 0.3) is 0 Å². The largest absolute Gasteiger partial charge is 0.362 e.